The van der Waals surface area contributed by atoms with E-state index >= 15 is 0 Å². The summed E-state index contributed by atoms with van der Waals surface area (Å²) < 4.78 is 11.9. The van der Waals surface area contributed by atoms with E-state index in [0.717, 1.165) is 0 Å². The van der Waals surface area contributed by atoms with Gasteiger partial charge in [0.15, 0.2) is 5.69 Å². The molecule has 0 saturated carbocycles. The Bertz CT molecular complexity index is 354. The van der Waals surface area contributed by atoms with Crippen molar-refractivity contribution in [3.05, 3.63) is 11.9 Å². The highest BCUT2D eigenvalue weighted by Crippen LogP contribution is 1.95. The molecule has 0 radical (unpaired) electrons. The normalized spacial score (nSPS) is 12.4. The number of aromatic nitrogens is 3. The number of rotatable bonds is 7. The molecule has 1 atom stereocenters. The van der Waals surface area contributed by atoms with Crippen molar-refractivity contribution >= 4 is 5.91 Å². The second-order valence-electron chi connectivity index (χ2n) is 3.48. The fraction of sp³-hybridized carbons (Fsp3) is 0.667. The van der Waals surface area contributed by atoms with Crippen molar-refractivity contribution in [3.8, 4) is 0 Å². The summed E-state index contributed by atoms with van der Waals surface area (Å²) in [6, 6.07) is 0. The SMILES string of the molecule is COCC(C)OCCn1cc(C(=O)NN)nn1. The van der Waals surface area contributed by atoms with E-state index < -0.39 is 5.91 Å². The van der Waals surface area contributed by atoms with Crippen molar-refractivity contribution in [2.75, 3.05) is 20.3 Å². The van der Waals surface area contributed by atoms with Gasteiger partial charge in [0.05, 0.1) is 32.1 Å². The third kappa shape index (κ3) is 4.47. The van der Waals surface area contributed by atoms with Gasteiger partial charge in [0.25, 0.3) is 5.91 Å². The quantitative estimate of drug-likeness (QED) is 0.359. The molecule has 0 spiro atoms. The van der Waals surface area contributed by atoms with Crippen LogP contribution in [0.4, 0.5) is 0 Å². The smallest absolute Gasteiger partial charge is 0.287 e. The summed E-state index contributed by atoms with van der Waals surface area (Å²) in [4.78, 5) is 11.1. The van der Waals surface area contributed by atoms with Gasteiger partial charge in [0.1, 0.15) is 0 Å². The van der Waals surface area contributed by atoms with Crippen molar-refractivity contribution < 1.29 is 14.3 Å². The number of nitrogens with zero attached hydrogens (tertiary/aromatic N) is 3. The number of carbonyl (C=O) groups is 1. The maximum absolute atomic E-state index is 11.1. The summed E-state index contributed by atoms with van der Waals surface area (Å²) in [7, 11) is 1.62. The standard InChI is InChI=1S/C9H17N5O3/c1-7(6-16-2)17-4-3-14-5-8(12-13-14)9(15)11-10/h5,7H,3-4,6,10H2,1-2H3,(H,11,15). The first-order chi connectivity index (χ1) is 8.17. The lowest BCUT2D eigenvalue weighted by atomic mass is 10.4. The van der Waals surface area contributed by atoms with Gasteiger partial charge in [0.2, 0.25) is 0 Å². The average molecular weight is 243 g/mol. The highest BCUT2D eigenvalue weighted by Gasteiger charge is 2.08. The minimum absolute atomic E-state index is 0.0235. The molecule has 1 rings (SSSR count). The molecule has 8 nitrogen and oxygen atoms in total. The Balaban J connectivity index is 2.32. The van der Waals surface area contributed by atoms with Gasteiger partial charge in [-0.25, -0.2) is 10.5 Å². The highest BCUT2D eigenvalue weighted by atomic mass is 16.5. The van der Waals surface area contributed by atoms with Crippen molar-refractivity contribution in [3.63, 3.8) is 0 Å². The Morgan fingerprint density at radius 3 is 3.12 bits per heavy atom. The number of nitrogens with two attached hydrogens (primary N) is 1. The fourth-order valence-electron chi connectivity index (χ4n) is 1.22. The number of hydrazine groups is 1. The first kappa shape index (κ1) is 13.6. The highest BCUT2D eigenvalue weighted by molar-refractivity contribution is 5.91. The first-order valence-corrected chi connectivity index (χ1v) is 5.19. The van der Waals surface area contributed by atoms with E-state index in [1.807, 2.05) is 12.3 Å². The summed E-state index contributed by atoms with van der Waals surface area (Å²) in [5.74, 6) is 4.50. The van der Waals surface area contributed by atoms with Gasteiger partial charge in [-0.1, -0.05) is 5.21 Å². The van der Waals surface area contributed by atoms with Gasteiger partial charge >= 0.3 is 0 Å². The molecule has 1 heterocycles. The molecule has 0 aromatic carbocycles. The largest absolute Gasteiger partial charge is 0.382 e. The Kier molecular flexibility index (Phi) is 5.53. The van der Waals surface area contributed by atoms with E-state index in [-0.39, 0.29) is 11.8 Å². The van der Waals surface area contributed by atoms with E-state index in [0.29, 0.717) is 19.8 Å². The van der Waals surface area contributed by atoms with Gasteiger partial charge in [-0.05, 0) is 6.92 Å². The number of methoxy groups -OCH3 is 1. The van der Waals surface area contributed by atoms with Gasteiger partial charge < -0.3 is 9.47 Å². The molecule has 1 unspecified atom stereocenters. The number of carbonyl (C=O) groups excluding carboxylic acids is 1. The number of ether oxygens (including phenoxy) is 2. The van der Waals surface area contributed by atoms with E-state index in [2.05, 4.69) is 10.3 Å². The topological polar surface area (TPSA) is 104 Å². The molecule has 3 N–H and O–H groups in total. The predicted molar refractivity (Wildman–Crippen MR) is 59.0 cm³/mol. The van der Waals surface area contributed by atoms with Crippen LogP contribution in [-0.4, -0.2) is 47.3 Å². The van der Waals surface area contributed by atoms with Gasteiger partial charge in [0, 0.05) is 7.11 Å². The van der Waals surface area contributed by atoms with Crippen molar-refractivity contribution in [2.24, 2.45) is 5.84 Å². The first-order valence-electron chi connectivity index (χ1n) is 5.19. The molecule has 1 aromatic rings. The lowest BCUT2D eigenvalue weighted by molar-refractivity contribution is 0.00494. The maximum atomic E-state index is 11.1. The minimum Gasteiger partial charge on any atom is -0.382 e. The van der Waals surface area contributed by atoms with E-state index in [9.17, 15) is 4.79 Å². The third-order valence-corrected chi connectivity index (χ3v) is 2.03. The zero-order valence-corrected chi connectivity index (χ0v) is 9.92. The molecule has 0 aliphatic heterocycles. The van der Waals surface area contributed by atoms with Crippen molar-refractivity contribution in [2.45, 2.75) is 19.6 Å². The molecule has 17 heavy (non-hydrogen) atoms. The summed E-state index contributed by atoms with van der Waals surface area (Å²) >= 11 is 0. The Morgan fingerprint density at radius 1 is 1.71 bits per heavy atom. The molecule has 0 fully saturated rings. The zero-order chi connectivity index (χ0) is 12.7. The van der Waals surface area contributed by atoms with Gasteiger partial charge in [-0.15, -0.1) is 5.10 Å². The monoisotopic (exact) mass is 243 g/mol. The molecular formula is C9H17N5O3. The molecule has 0 bridgehead atoms. The van der Waals surface area contributed by atoms with Crippen LogP contribution in [0.2, 0.25) is 0 Å². The van der Waals surface area contributed by atoms with Crippen LogP contribution in [0.1, 0.15) is 17.4 Å². The van der Waals surface area contributed by atoms with Gasteiger partial charge in [-0.3, -0.25) is 10.2 Å². The summed E-state index contributed by atoms with van der Waals surface area (Å²) in [5, 5.41) is 7.43. The van der Waals surface area contributed by atoms with Crippen LogP contribution in [0.3, 0.4) is 0 Å². The molecule has 1 aromatic heterocycles. The molecule has 0 aliphatic carbocycles. The summed E-state index contributed by atoms with van der Waals surface area (Å²) in [5.41, 5.74) is 2.16. The average Bonchev–Trinajstić information content (AvgIpc) is 2.77. The van der Waals surface area contributed by atoms with Crippen LogP contribution in [0.5, 0.6) is 0 Å². The van der Waals surface area contributed by atoms with E-state index in [1.165, 1.54) is 10.9 Å². The van der Waals surface area contributed by atoms with Crippen LogP contribution >= 0.6 is 0 Å². The van der Waals surface area contributed by atoms with Crippen LogP contribution in [0, 0.1) is 0 Å². The number of nitrogens with one attached hydrogen (secondary N) is 1. The molecule has 1 amide bonds. The van der Waals surface area contributed by atoms with E-state index in [1.54, 1.807) is 7.11 Å². The minimum atomic E-state index is -0.468. The zero-order valence-electron chi connectivity index (χ0n) is 9.92. The molecule has 0 aliphatic rings. The van der Waals surface area contributed by atoms with Crippen LogP contribution in [0.15, 0.2) is 6.20 Å². The number of amides is 1. The Morgan fingerprint density at radius 2 is 2.47 bits per heavy atom. The second-order valence-corrected chi connectivity index (χ2v) is 3.48. The number of nitrogen functional groups attached to an aromatic ring is 1. The van der Waals surface area contributed by atoms with Crippen molar-refractivity contribution in [1.82, 2.24) is 20.4 Å². The third-order valence-electron chi connectivity index (χ3n) is 2.03. The lowest BCUT2D eigenvalue weighted by Gasteiger charge is -2.11. The van der Waals surface area contributed by atoms with Crippen LogP contribution in [0.25, 0.3) is 0 Å². The predicted octanol–water partition coefficient (Wildman–Crippen LogP) is -1.07. The molecule has 96 valence electrons. The summed E-state index contributed by atoms with van der Waals surface area (Å²) in [6.45, 7) is 3.44. The second kappa shape index (κ2) is 6.94. The van der Waals surface area contributed by atoms with Crippen LogP contribution < -0.4 is 11.3 Å². The number of hydrogen-bond acceptors (Lipinski definition) is 6. The number of hydrogen-bond donors (Lipinski definition) is 2. The molecule has 8 heteroatoms. The Labute approximate surface area is 99.0 Å². The van der Waals surface area contributed by atoms with Gasteiger partial charge in [-0.2, -0.15) is 0 Å². The molecule has 0 saturated heterocycles. The lowest BCUT2D eigenvalue weighted by Crippen LogP contribution is -2.30. The van der Waals surface area contributed by atoms with Crippen LogP contribution in [-0.2, 0) is 16.0 Å². The molecular weight excluding hydrogens is 226 g/mol. The van der Waals surface area contributed by atoms with Crippen molar-refractivity contribution in [1.29, 1.82) is 0 Å². The Hall–Kier alpha value is -1.51. The fourth-order valence-corrected chi connectivity index (χ4v) is 1.22. The maximum Gasteiger partial charge on any atom is 0.287 e. The summed E-state index contributed by atoms with van der Waals surface area (Å²) in [6.07, 6.45) is 1.53. The van der Waals surface area contributed by atoms with E-state index in [4.69, 9.17) is 15.3 Å².